The summed E-state index contributed by atoms with van der Waals surface area (Å²) in [5.74, 6) is 0.209. The van der Waals surface area contributed by atoms with Gasteiger partial charge in [0.1, 0.15) is 11.5 Å². The summed E-state index contributed by atoms with van der Waals surface area (Å²) < 4.78 is 2.53. The Bertz CT molecular complexity index is 601. The molecule has 1 aliphatic carbocycles. The van der Waals surface area contributed by atoms with Gasteiger partial charge < -0.3 is 15.7 Å². The number of nitrogen functional groups attached to an aromatic ring is 1. The Morgan fingerprint density at radius 3 is 2.55 bits per heavy atom. The Balaban J connectivity index is 2.61. The predicted octanol–water partition coefficient (Wildman–Crippen LogP) is -0.500. The predicted molar refractivity (Wildman–Crippen MR) is 78.1 cm³/mol. The summed E-state index contributed by atoms with van der Waals surface area (Å²) in [6.07, 6.45) is 2.72. The number of nitrogens with zero attached hydrogens (tertiary/aromatic N) is 3. The van der Waals surface area contributed by atoms with Crippen molar-refractivity contribution >= 4 is 11.5 Å². The smallest absolute Gasteiger partial charge is 0.332 e. The van der Waals surface area contributed by atoms with E-state index in [1.165, 1.54) is 11.6 Å². The van der Waals surface area contributed by atoms with E-state index in [4.69, 9.17) is 5.73 Å². The highest BCUT2D eigenvalue weighted by molar-refractivity contribution is 5.63. The maximum Gasteiger partial charge on any atom is 0.332 e. The van der Waals surface area contributed by atoms with Gasteiger partial charge in [0.05, 0.1) is 6.61 Å². The summed E-state index contributed by atoms with van der Waals surface area (Å²) in [6.45, 7) is 2.73. The number of rotatable bonds is 6. The Hall–Kier alpha value is -1.76. The van der Waals surface area contributed by atoms with Crippen LogP contribution in [0.2, 0.25) is 0 Å². The highest BCUT2D eigenvalue weighted by atomic mass is 16.3. The van der Waals surface area contributed by atoms with Gasteiger partial charge in [0, 0.05) is 26.2 Å². The van der Waals surface area contributed by atoms with Crippen molar-refractivity contribution in [2.75, 3.05) is 23.8 Å². The zero-order chi connectivity index (χ0) is 14.9. The van der Waals surface area contributed by atoms with Crippen molar-refractivity contribution < 1.29 is 5.11 Å². The first kappa shape index (κ1) is 14.6. The third kappa shape index (κ3) is 2.45. The van der Waals surface area contributed by atoms with Crippen LogP contribution in [0.4, 0.5) is 11.5 Å². The normalized spacial score (nSPS) is 14.6. The summed E-state index contributed by atoms with van der Waals surface area (Å²) in [7, 11) is 1.46. The minimum absolute atomic E-state index is 0.0496. The van der Waals surface area contributed by atoms with Gasteiger partial charge in [0.15, 0.2) is 0 Å². The molecule has 7 heteroatoms. The lowest BCUT2D eigenvalue weighted by Gasteiger charge is -2.26. The van der Waals surface area contributed by atoms with Crippen LogP contribution in [0, 0.1) is 0 Å². The van der Waals surface area contributed by atoms with Gasteiger partial charge in [-0.2, -0.15) is 0 Å². The minimum Gasteiger partial charge on any atom is -0.395 e. The van der Waals surface area contributed by atoms with Gasteiger partial charge in [-0.15, -0.1) is 0 Å². The SMILES string of the molecule is CCCn1c(N)c(N(CCO)C2CC2)c(=O)n(C)c1=O. The Labute approximate surface area is 117 Å². The first-order valence-corrected chi connectivity index (χ1v) is 6.99. The van der Waals surface area contributed by atoms with Crippen LogP contribution >= 0.6 is 0 Å². The molecule has 0 spiro atoms. The average Bonchev–Trinajstić information content (AvgIpc) is 3.25. The van der Waals surface area contributed by atoms with Gasteiger partial charge in [-0.1, -0.05) is 6.92 Å². The molecule has 0 radical (unpaired) electrons. The van der Waals surface area contributed by atoms with E-state index in [1.807, 2.05) is 11.8 Å². The fourth-order valence-corrected chi connectivity index (χ4v) is 2.45. The van der Waals surface area contributed by atoms with E-state index in [1.54, 1.807) is 0 Å². The molecule has 20 heavy (non-hydrogen) atoms. The fourth-order valence-electron chi connectivity index (χ4n) is 2.45. The second kappa shape index (κ2) is 5.70. The number of aliphatic hydroxyl groups is 1. The number of aliphatic hydroxyl groups excluding tert-OH is 1. The van der Waals surface area contributed by atoms with Crippen molar-refractivity contribution in [1.29, 1.82) is 0 Å². The molecule has 1 aromatic rings. The van der Waals surface area contributed by atoms with Crippen LogP contribution in [0.1, 0.15) is 26.2 Å². The van der Waals surface area contributed by atoms with E-state index in [9.17, 15) is 14.7 Å². The van der Waals surface area contributed by atoms with Gasteiger partial charge in [-0.05, 0) is 19.3 Å². The van der Waals surface area contributed by atoms with Crippen LogP contribution < -0.4 is 21.9 Å². The van der Waals surface area contributed by atoms with Crippen LogP contribution in [-0.2, 0) is 13.6 Å². The minimum atomic E-state index is -0.391. The van der Waals surface area contributed by atoms with Gasteiger partial charge >= 0.3 is 5.69 Å². The molecule has 112 valence electrons. The second-order valence-corrected chi connectivity index (χ2v) is 5.18. The largest absolute Gasteiger partial charge is 0.395 e. The third-order valence-corrected chi connectivity index (χ3v) is 3.62. The topological polar surface area (TPSA) is 93.5 Å². The first-order valence-electron chi connectivity index (χ1n) is 6.99. The summed E-state index contributed by atoms with van der Waals surface area (Å²) in [5.41, 5.74) is 5.63. The lowest BCUT2D eigenvalue weighted by molar-refractivity contribution is 0.301. The van der Waals surface area contributed by atoms with E-state index in [2.05, 4.69) is 0 Å². The quantitative estimate of drug-likeness (QED) is 0.733. The summed E-state index contributed by atoms with van der Waals surface area (Å²) in [6, 6.07) is 0.240. The highest BCUT2D eigenvalue weighted by Gasteiger charge is 2.33. The molecule has 1 fully saturated rings. The molecule has 0 aromatic carbocycles. The van der Waals surface area contributed by atoms with Crippen molar-refractivity contribution in [2.24, 2.45) is 7.05 Å². The van der Waals surface area contributed by atoms with E-state index in [0.717, 1.165) is 23.8 Å². The van der Waals surface area contributed by atoms with Crippen LogP contribution in [0.5, 0.6) is 0 Å². The lowest BCUT2D eigenvalue weighted by atomic mass is 10.3. The number of aromatic nitrogens is 2. The molecule has 2 rings (SSSR count). The third-order valence-electron chi connectivity index (χ3n) is 3.62. The number of anilines is 2. The van der Waals surface area contributed by atoms with Crippen molar-refractivity contribution in [1.82, 2.24) is 9.13 Å². The summed E-state index contributed by atoms with van der Waals surface area (Å²) in [5, 5.41) is 9.19. The summed E-state index contributed by atoms with van der Waals surface area (Å²) >= 11 is 0. The molecule has 0 saturated heterocycles. The van der Waals surface area contributed by atoms with Gasteiger partial charge in [-0.25, -0.2) is 4.79 Å². The van der Waals surface area contributed by atoms with Crippen molar-refractivity contribution in [2.45, 2.75) is 38.8 Å². The Morgan fingerprint density at radius 1 is 1.40 bits per heavy atom. The van der Waals surface area contributed by atoms with E-state index < -0.39 is 5.69 Å². The molecule has 0 amide bonds. The maximum absolute atomic E-state index is 12.4. The van der Waals surface area contributed by atoms with Crippen LogP contribution in [-0.4, -0.2) is 33.4 Å². The molecule has 0 atom stereocenters. The standard InChI is InChI=1S/C13H22N4O3/c1-3-6-17-11(14)10(12(19)15(2)13(17)20)16(7-8-18)9-4-5-9/h9,18H,3-8,14H2,1-2H3. The summed E-state index contributed by atoms with van der Waals surface area (Å²) in [4.78, 5) is 26.3. The Kier molecular flexibility index (Phi) is 4.17. The van der Waals surface area contributed by atoms with Crippen LogP contribution in [0.15, 0.2) is 9.59 Å². The van der Waals surface area contributed by atoms with Gasteiger partial charge in [0.25, 0.3) is 5.56 Å². The molecule has 0 aliphatic heterocycles. The second-order valence-electron chi connectivity index (χ2n) is 5.18. The lowest BCUT2D eigenvalue weighted by Crippen LogP contribution is -2.44. The maximum atomic E-state index is 12.4. The molecule has 1 heterocycles. The highest BCUT2D eigenvalue weighted by Crippen LogP contribution is 2.31. The van der Waals surface area contributed by atoms with Crippen molar-refractivity contribution in [3.05, 3.63) is 20.8 Å². The van der Waals surface area contributed by atoms with Crippen molar-refractivity contribution in [3.63, 3.8) is 0 Å². The van der Waals surface area contributed by atoms with E-state index in [-0.39, 0.29) is 24.0 Å². The molecule has 1 saturated carbocycles. The van der Waals surface area contributed by atoms with Crippen LogP contribution in [0.3, 0.4) is 0 Å². The number of hydrogen-bond donors (Lipinski definition) is 2. The zero-order valence-electron chi connectivity index (χ0n) is 12.0. The molecule has 0 bridgehead atoms. The van der Waals surface area contributed by atoms with Crippen LogP contribution in [0.25, 0.3) is 0 Å². The Morgan fingerprint density at radius 2 is 2.05 bits per heavy atom. The van der Waals surface area contributed by atoms with Gasteiger partial charge in [-0.3, -0.25) is 13.9 Å². The number of hydrogen-bond acceptors (Lipinski definition) is 5. The monoisotopic (exact) mass is 282 g/mol. The first-order chi connectivity index (χ1) is 9.52. The van der Waals surface area contributed by atoms with Crippen molar-refractivity contribution in [3.8, 4) is 0 Å². The molecular formula is C13H22N4O3. The fraction of sp³-hybridized carbons (Fsp3) is 0.692. The van der Waals surface area contributed by atoms with Gasteiger partial charge in [0.2, 0.25) is 0 Å². The average molecular weight is 282 g/mol. The molecule has 1 aromatic heterocycles. The van der Waals surface area contributed by atoms with E-state index in [0.29, 0.717) is 18.8 Å². The molecular weight excluding hydrogens is 260 g/mol. The molecule has 3 N–H and O–H groups in total. The number of nitrogens with two attached hydrogens (primary N) is 1. The molecule has 1 aliphatic rings. The molecule has 7 nitrogen and oxygen atoms in total. The molecule has 0 unspecified atom stereocenters. The van der Waals surface area contributed by atoms with E-state index >= 15 is 0 Å². The zero-order valence-corrected chi connectivity index (χ0v) is 12.0.